The lowest BCUT2D eigenvalue weighted by atomic mass is 10.0. The maximum atomic E-state index is 12.8. The van der Waals surface area contributed by atoms with Crippen molar-refractivity contribution in [1.82, 2.24) is 4.90 Å². The summed E-state index contributed by atoms with van der Waals surface area (Å²) in [5.74, 6) is -0.410. The third-order valence-corrected chi connectivity index (χ3v) is 5.26. The van der Waals surface area contributed by atoms with Crippen molar-refractivity contribution in [3.63, 3.8) is 0 Å². The van der Waals surface area contributed by atoms with Crippen LogP contribution in [0.15, 0.2) is 54.6 Å². The van der Waals surface area contributed by atoms with Crippen LogP contribution in [0.2, 0.25) is 0 Å². The molecule has 1 heterocycles. The van der Waals surface area contributed by atoms with Gasteiger partial charge in [-0.2, -0.15) is 0 Å². The second kappa shape index (κ2) is 9.85. The lowest BCUT2D eigenvalue weighted by Crippen LogP contribution is -2.47. The number of ether oxygens (including phenoxy) is 2. The van der Waals surface area contributed by atoms with E-state index in [1.54, 1.807) is 24.0 Å². The summed E-state index contributed by atoms with van der Waals surface area (Å²) in [4.78, 5) is 40.9. The zero-order valence-electron chi connectivity index (χ0n) is 19.0. The van der Waals surface area contributed by atoms with E-state index in [-0.39, 0.29) is 31.4 Å². The molecule has 0 aromatic heterocycles. The van der Waals surface area contributed by atoms with Crippen LogP contribution in [0.5, 0.6) is 5.75 Å². The van der Waals surface area contributed by atoms with Gasteiger partial charge in [-0.3, -0.25) is 14.4 Å². The molecule has 1 atom stereocenters. The summed E-state index contributed by atoms with van der Waals surface area (Å²) in [6.07, 6.45) is -0.644. The Balaban J connectivity index is 1.57. The molecule has 2 aromatic rings. The summed E-state index contributed by atoms with van der Waals surface area (Å²) < 4.78 is 10.9. The molecule has 170 valence electrons. The fourth-order valence-electron chi connectivity index (χ4n) is 3.55. The highest BCUT2D eigenvalue weighted by Crippen LogP contribution is 2.33. The highest BCUT2D eigenvalue weighted by Gasteiger charge is 2.32. The molecule has 32 heavy (non-hydrogen) atoms. The van der Waals surface area contributed by atoms with Gasteiger partial charge in [0.05, 0.1) is 12.1 Å². The number of nitrogens with zero attached hydrogens (tertiary/aromatic N) is 2. The van der Waals surface area contributed by atoms with Crippen molar-refractivity contribution < 1.29 is 23.9 Å². The van der Waals surface area contributed by atoms with Gasteiger partial charge in [0.1, 0.15) is 5.75 Å². The summed E-state index contributed by atoms with van der Waals surface area (Å²) in [6, 6.07) is 16.9. The molecule has 0 fully saturated rings. The first-order valence-corrected chi connectivity index (χ1v) is 10.7. The molecule has 0 N–H and O–H groups in total. The minimum Gasteiger partial charge on any atom is -0.479 e. The first kappa shape index (κ1) is 23.3. The van der Waals surface area contributed by atoms with Crippen molar-refractivity contribution in [3.8, 4) is 5.75 Å². The number of hydrogen-bond acceptors (Lipinski definition) is 5. The van der Waals surface area contributed by atoms with E-state index in [1.807, 2.05) is 63.2 Å². The normalized spacial score (nSPS) is 15.6. The molecule has 0 saturated heterocycles. The molecule has 7 nitrogen and oxygen atoms in total. The van der Waals surface area contributed by atoms with Gasteiger partial charge in [0.25, 0.3) is 11.8 Å². The molecular weight excluding hydrogens is 408 g/mol. The summed E-state index contributed by atoms with van der Waals surface area (Å²) in [6.45, 7) is 7.75. The van der Waals surface area contributed by atoms with Crippen molar-refractivity contribution in [2.75, 3.05) is 18.1 Å². The largest absolute Gasteiger partial charge is 0.479 e. The molecule has 0 bridgehead atoms. The van der Waals surface area contributed by atoms with Crippen molar-refractivity contribution in [2.45, 2.75) is 52.3 Å². The van der Waals surface area contributed by atoms with Crippen molar-refractivity contribution in [2.24, 2.45) is 0 Å². The molecule has 2 aromatic carbocycles. The van der Waals surface area contributed by atoms with Crippen LogP contribution in [0, 0.1) is 0 Å². The topological polar surface area (TPSA) is 76.2 Å². The average molecular weight is 439 g/mol. The van der Waals surface area contributed by atoms with Gasteiger partial charge >= 0.3 is 5.97 Å². The zero-order valence-corrected chi connectivity index (χ0v) is 19.0. The SMILES string of the molecule is CC1Oc2ccccc2N(CCC(=O)OCC(=O)N(Cc2ccccc2)C(C)(C)C)C1=O. The first-order valence-electron chi connectivity index (χ1n) is 10.7. The smallest absolute Gasteiger partial charge is 0.308 e. The third kappa shape index (κ3) is 5.66. The standard InChI is InChI=1S/C25H30N2O5/c1-18-24(30)26(20-12-8-9-13-21(20)32-18)15-14-23(29)31-17-22(28)27(25(2,3)4)16-19-10-6-5-7-11-19/h5-13,18H,14-17H2,1-4H3. The Kier molecular flexibility index (Phi) is 7.18. The Hall–Kier alpha value is -3.35. The predicted octanol–water partition coefficient (Wildman–Crippen LogP) is 3.56. The minimum atomic E-state index is -0.624. The number of anilines is 1. The molecule has 1 unspecified atom stereocenters. The Labute approximate surface area is 188 Å². The second-order valence-corrected chi connectivity index (χ2v) is 8.76. The molecule has 7 heteroatoms. The fraction of sp³-hybridized carbons (Fsp3) is 0.400. The number of hydrogen-bond donors (Lipinski definition) is 0. The van der Waals surface area contributed by atoms with Gasteiger partial charge in [0.2, 0.25) is 0 Å². The maximum Gasteiger partial charge on any atom is 0.308 e. The number of para-hydroxylation sites is 2. The number of carbonyl (C=O) groups excluding carboxylic acids is 3. The lowest BCUT2D eigenvalue weighted by Gasteiger charge is -2.35. The van der Waals surface area contributed by atoms with Crippen LogP contribution in [0.25, 0.3) is 0 Å². The van der Waals surface area contributed by atoms with E-state index in [0.29, 0.717) is 18.0 Å². The van der Waals surface area contributed by atoms with E-state index in [1.165, 1.54) is 4.90 Å². The Morgan fingerprint density at radius 3 is 2.41 bits per heavy atom. The molecule has 0 saturated carbocycles. The number of amides is 2. The van der Waals surface area contributed by atoms with Gasteiger partial charge in [0, 0.05) is 18.6 Å². The molecule has 3 rings (SSSR count). The Morgan fingerprint density at radius 1 is 1.06 bits per heavy atom. The third-order valence-electron chi connectivity index (χ3n) is 5.26. The van der Waals surface area contributed by atoms with Crippen molar-refractivity contribution >= 4 is 23.5 Å². The molecule has 0 radical (unpaired) electrons. The van der Waals surface area contributed by atoms with Crippen LogP contribution in [0.1, 0.15) is 39.7 Å². The molecule has 2 amide bonds. The van der Waals surface area contributed by atoms with Crippen LogP contribution >= 0.6 is 0 Å². The predicted molar refractivity (Wildman–Crippen MR) is 121 cm³/mol. The van der Waals surface area contributed by atoms with E-state index in [0.717, 1.165) is 5.56 Å². The van der Waals surface area contributed by atoms with Gasteiger partial charge in [-0.15, -0.1) is 0 Å². The van der Waals surface area contributed by atoms with Gasteiger partial charge in [-0.05, 0) is 45.4 Å². The van der Waals surface area contributed by atoms with E-state index in [9.17, 15) is 14.4 Å². The monoisotopic (exact) mass is 438 g/mol. The summed E-state index contributed by atoms with van der Waals surface area (Å²) in [5, 5.41) is 0. The summed E-state index contributed by atoms with van der Waals surface area (Å²) in [5.41, 5.74) is 1.20. The number of carbonyl (C=O) groups is 3. The van der Waals surface area contributed by atoms with E-state index in [4.69, 9.17) is 9.47 Å². The van der Waals surface area contributed by atoms with Crippen LogP contribution in [-0.2, 0) is 25.7 Å². The lowest BCUT2D eigenvalue weighted by molar-refractivity contribution is -0.154. The first-order chi connectivity index (χ1) is 15.2. The zero-order chi connectivity index (χ0) is 23.3. The number of rotatable bonds is 7. The number of esters is 1. The average Bonchev–Trinajstić information content (AvgIpc) is 2.76. The van der Waals surface area contributed by atoms with Gasteiger partial charge in [-0.1, -0.05) is 42.5 Å². The van der Waals surface area contributed by atoms with E-state index >= 15 is 0 Å². The van der Waals surface area contributed by atoms with E-state index < -0.39 is 17.6 Å². The van der Waals surface area contributed by atoms with Crippen LogP contribution in [0.3, 0.4) is 0 Å². The van der Waals surface area contributed by atoms with Gasteiger partial charge in [-0.25, -0.2) is 0 Å². The van der Waals surface area contributed by atoms with Gasteiger partial charge in [0.15, 0.2) is 12.7 Å². The van der Waals surface area contributed by atoms with Crippen LogP contribution in [-0.4, -0.2) is 47.5 Å². The quantitative estimate of drug-likeness (QED) is 0.618. The van der Waals surface area contributed by atoms with Crippen molar-refractivity contribution in [1.29, 1.82) is 0 Å². The highest BCUT2D eigenvalue weighted by atomic mass is 16.5. The molecule has 1 aliphatic rings. The Morgan fingerprint density at radius 2 is 1.72 bits per heavy atom. The highest BCUT2D eigenvalue weighted by molar-refractivity contribution is 6.00. The van der Waals surface area contributed by atoms with Gasteiger partial charge < -0.3 is 19.3 Å². The molecular formula is C25H30N2O5. The van der Waals surface area contributed by atoms with E-state index in [2.05, 4.69) is 0 Å². The Bertz CT molecular complexity index is 968. The molecule has 0 spiro atoms. The van der Waals surface area contributed by atoms with Crippen LogP contribution in [0.4, 0.5) is 5.69 Å². The summed E-state index contributed by atoms with van der Waals surface area (Å²) in [7, 11) is 0. The molecule has 0 aliphatic carbocycles. The maximum absolute atomic E-state index is 12.8. The van der Waals surface area contributed by atoms with Crippen molar-refractivity contribution in [3.05, 3.63) is 60.2 Å². The fourth-order valence-corrected chi connectivity index (χ4v) is 3.55. The van der Waals surface area contributed by atoms with Crippen LogP contribution < -0.4 is 9.64 Å². The number of fused-ring (bicyclic) bond motifs is 1. The minimum absolute atomic E-state index is 0.0196. The number of benzene rings is 2. The second-order valence-electron chi connectivity index (χ2n) is 8.76. The molecule has 1 aliphatic heterocycles. The summed E-state index contributed by atoms with van der Waals surface area (Å²) >= 11 is 0.